The highest BCUT2D eigenvalue weighted by Crippen LogP contribution is 2.29. The van der Waals surface area contributed by atoms with Crippen LogP contribution in [0.3, 0.4) is 0 Å². The van der Waals surface area contributed by atoms with Crippen LogP contribution in [0.1, 0.15) is 23.6 Å². The first-order valence-corrected chi connectivity index (χ1v) is 8.99. The number of para-hydroxylation sites is 2. The number of carbonyl (C=O) groups excluding carboxylic acids is 1. The Balaban J connectivity index is 1.52. The fourth-order valence-electron chi connectivity index (χ4n) is 3.06. The third-order valence-electron chi connectivity index (χ3n) is 4.48. The molecule has 2 atom stereocenters. The summed E-state index contributed by atoms with van der Waals surface area (Å²) in [6, 6.07) is 15.0. The van der Waals surface area contributed by atoms with Crippen molar-refractivity contribution in [1.29, 1.82) is 0 Å². The van der Waals surface area contributed by atoms with Crippen LogP contribution < -0.4 is 25.8 Å². The average molecular weight is 380 g/mol. The fraction of sp³-hybridized carbons (Fsp3) is 0.238. The van der Waals surface area contributed by atoms with Gasteiger partial charge in [-0.25, -0.2) is 16.3 Å². The second kappa shape index (κ2) is 9.68. The monoisotopic (exact) mass is 380 g/mol. The molecule has 1 aliphatic heterocycles. The number of hydrogen-bond donors (Lipinski definition) is 3. The van der Waals surface area contributed by atoms with E-state index in [4.69, 9.17) is 9.47 Å². The minimum Gasteiger partial charge on any atom is -0.496 e. The molecule has 1 saturated heterocycles. The summed E-state index contributed by atoms with van der Waals surface area (Å²) in [4.78, 5) is 12.3. The van der Waals surface area contributed by atoms with Crippen molar-refractivity contribution in [3.05, 3.63) is 65.7 Å². The molecule has 3 rings (SSSR count). The van der Waals surface area contributed by atoms with E-state index in [1.165, 1.54) is 6.21 Å². The molecule has 2 unspecified atom stereocenters. The highest BCUT2D eigenvalue weighted by Gasteiger charge is 2.31. The Hall–Kier alpha value is -3.16. The van der Waals surface area contributed by atoms with E-state index >= 15 is 0 Å². The topological polar surface area (TPSA) is 84.0 Å². The van der Waals surface area contributed by atoms with Crippen LogP contribution in [0.4, 0.5) is 0 Å². The highest BCUT2D eigenvalue weighted by atomic mass is 16.5. The zero-order valence-corrected chi connectivity index (χ0v) is 15.9. The number of amides is 1. The smallest absolute Gasteiger partial charge is 0.258 e. The predicted molar refractivity (Wildman–Crippen MR) is 109 cm³/mol. The highest BCUT2D eigenvalue weighted by molar-refractivity contribution is 5.84. The normalized spacial score (nSPS) is 19.2. The Morgan fingerprint density at radius 2 is 1.79 bits per heavy atom. The van der Waals surface area contributed by atoms with Gasteiger partial charge < -0.3 is 9.47 Å². The number of hydrazone groups is 1. The van der Waals surface area contributed by atoms with Crippen LogP contribution in [0.25, 0.3) is 6.08 Å². The maximum atomic E-state index is 12.3. The number of allylic oxidation sites excluding steroid dienone is 1. The lowest BCUT2D eigenvalue weighted by Gasteiger charge is -2.13. The zero-order chi connectivity index (χ0) is 19.8. The van der Waals surface area contributed by atoms with Crippen molar-refractivity contribution in [2.24, 2.45) is 5.10 Å². The van der Waals surface area contributed by atoms with Crippen LogP contribution in [0.15, 0.2) is 59.7 Å². The average Bonchev–Trinajstić information content (AvgIpc) is 3.24. The predicted octanol–water partition coefficient (Wildman–Crippen LogP) is 2.43. The van der Waals surface area contributed by atoms with Crippen LogP contribution in [-0.2, 0) is 4.79 Å². The number of hydrazine groups is 1. The lowest BCUT2D eigenvalue weighted by molar-refractivity contribution is -0.122. The van der Waals surface area contributed by atoms with Crippen LogP contribution in [0, 0.1) is 0 Å². The molecular formula is C21H24N4O3. The van der Waals surface area contributed by atoms with Crippen LogP contribution in [0.5, 0.6) is 11.5 Å². The van der Waals surface area contributed by atoms with E-state index in [2.05, 4.69) is 21.4 Å². The molecular weight excluding hydrogens is 356 g/mol. The van der Waals surface area contributed by atoms with Crippen LogP contribution >= 0.6 is 0 Å². The van der Waals surface area contributed by atoms with E-state index < -0.39 is 0 Å². The third kappa shape index (κ3) is 4.76. The van der Waals surface area contributed by atoms with Crippen molar-refractivity contribution >= 4 is 18.2 Å². The Morgan fingerprint density at radius 1 is 1.07 bits per heavy atom. The number of rotatable bonds is 7. The summed E-state index contributed by atoms with van der Waals surface area (Å²) in [5, 5.41) is 3.97. The van der Waals surface area contributed by atoms with Gasteiger partial charge in [0, 0.05) is 17.3 Å². The molecule has 2 aromatic carbocycles. The van der Waals surface area contributed by atoms with Crippen molar-refractivity contribution in [1.82, 2.24) is 16.3 Å². The summed E-state index contributed by atoms with van der Waals surface area (Å²) in [5.41, 5.74) is 10.7. The fourth-order valence-corrected chi connectivity index (χ4v) is 3.06. The van der Waals surface area contributed by atoms with Gasteiger partial charge in [-0.1, -0.05) is 36.4 Å². The first-order valence-electron chi connectivity index (χ1n) is 8.99. The van der Waals surface area contributed by atoms with Gasteiger partial charge in [-0.2, -0.15) is 5.10 Å². The van der Waals surface area contributed by atoms with Gasteiger partial charge in [-0.05, 0) is 30.7 Å². The molecule has 0 radical (unpaired) electrons. The molecule has 2 aromatic rings. The van der Waals surface area contributed by atoms with E-state index in [9.17, 15) is 4.79 Å². The van der Waals surface area contributed by atoms with Crippen molar-refractivity contribution in [2.45, 2.75) is 18.5 Å². The van der Waals surface area contributed by atoms with Gasteiger partial charge in [0.15, 0.2) is 0 Å². The molecule has 1 fully saturated rings. The number of hydrogen-bond acceptors (Lipinski definition) is 6. The van der Waals surface area contributed by atoms with Gasteiger partial charge >= 0.3 is 0 Å². The standard InChI is InChI=1S/C21H24N4O3/c1-27-19-11-5-3-8-15(19)9-7-13-22-25-21(26)18-14-17(23-24-18)16-10-4-6-12-20(16)28-2/h3-13,17-18,23-24H,14H2,1-2H3,(H,25,26)/b9-7+,22-13-. The minimum atomic E-state index is -0.384. The molecule has 28 heavy (non-hydrogen) atoms. The van der Waals surface area contributed by atoms with Gasteiger partial charge in [-0.3, -0.25) is 4.79 Å². The lowest BCUT2D eigenvalue weighted by atomic mass is 10.0. The van der Waals surface area contributed by atoms with E-state index in [0.717, 1.165) is 22.6 Å². The Bertz CT molecular complexity index is 866. The second-order valence-electron chi connectivity index (χ2n) is 6.23. The van der Waals surface area contributed by atoms with Gasteiger partial charge in [0.2, 0.25) is 0 Å². The summed E-state index contributed by atoms with van der Waals surface area (Å²) >= 11 is 0. The summed E-state index contributed by atoms with van der Waals surface area (Å²) < 4.78 is 10.7. The Labute approximate surface area is 164 Å². The maximum absolute atomic E-state index is 12.3. The van der Waals surface area contributed by atoms with E-state index in [-0.39, 0.29) is 18.0 Å². The molecule has 146 valence electrons. The third-order valence-corrected chi connectivity index (χ3v) is 4.48. The molecule has 1 amide bonds. The number of carbonyl (C=O) groups is 1. The largest absolute Gasteiger partial charge is 0.496 e. The summed E-state index contributed by atoms with van der Waals surface area (Å²) in [6.45, 7) is 0. The van der Waals surface area contributed by atoms with Gasteiger partial charge in [0.05, 0.1) is 20.3 Å². The number of ether oxygens (including phenoxy) is 2. The molecule has 0 spiro atoms. The van der Waals surface area contributed by atoms with E-state index in [0.29, 0.717) is 6.42 Å². The molecule has 0 aliphatic carbocycles. The Morgan fingerprint density at radius 3 is 2.57 bits per heavy atom. The van der Waals surface area contributed by atoms with Crippen molar-refractivity contribution in [3.63, 3.8) is 0 Å². The first kappa shape index (κ1) is 19.6. The SMILES string of the molecule is COc1ccccc1/C=C/C=N\NC(=O)C1CC(c2ccccc2OC)NN1. The van der Waals surface area contributed by atoms with Gasteiger partial charge in [0.25, 0.3) is 5.91 Å². The first-order chi connectivity index (χ1) is 13.7. The molecule has 7 nitrogen and oxygen atoms in total. The summed E-state index contributed by atoms with van der Waals surface area (Å²) in [5.74, 6) is 1.37. The van der Waals surface area contributed by atoms with E-state index in [1.54, 1.807) is 20.3 Å². The van der Waals surface area contributed by atoms with Crippen molar-refractivity contribution < 1.29 is 14.3 Å². The molecule has 0 bridgehead atoms. The quantitative estimate of drug-likeness (QED) is 0.508. The van der Waals surface area contributed by atoms with Crippen LogP contribution in [-0.4, -0.2) is 32.4 Å². The summed E-state index contributed by atoms with van der Waals surface area (Å²) in [7, 11) is 3.26. The van der Waals surface area contributed by atoms with Gasteiger partial charge in [0.1, 0.15) is 17.5 Å². The van der Waals surface area contributed by atoms with Gasteiger partial charge in [-0.15, -0.1) is 0 Å². The molecule has 1 aliphatic rings. The number of benzene rings is 2. The van der Waals surface area contributed by atoms with Crippen molar-refractivity contribution in [2.75, 3.05) is 14.2 Å². The number of nitrogens with zero attached hydrogens (tertiary/aromatic N) is 1. The molecule has 3 N–H and O–H groups in total. The number of methoxy groups -OCH3 is 2. The second-order valence-corrected chi connectivity index (χ2v) is 6.23. The zero-order valence-electron chi connectivity index (χ0n) is 15.9. The van der Waals surface area contributed by atoms with Crippen molar-refractivity contribution in [3.8, 4) is 11.5 Å². The number of nitrogens with one attached hydrogen (secondary N) is 3. The van der Waals surface area contributed by atoms with E-state index in [1.807, 2.05) is 54.6 Å². The molecule has 0 aromatic heterocycles. The minimum absolute atomic E-state index is 0.0127. The van der Waals surface area contributed by atoms with Crippen LogP contribution in [0.2, 0.25) is 0 Å². The maximum Gasteiger partial charge on any atom is 0.258 e. The Kier molecular flexibility index (Phi) is 6.78. The lowest BCUT2D eigenvalue weighted by Crippen LogP contribution is -2.41. The molecule has 0 saturated carbocycles. The summed E-state index contributed by atoms with van der Waals surface area (Å²) in [6.07, 6.45) is 5.74. The molecule has 7 heteroatoms. The molecule has 1 heterocycles.